The summed E-state index contributed by atoms with van der Waals surface area (Å²) in [6.07, 6.45) is 0. The number of rotatable bonds is 8. The van der Waals surface area contributed by atoms with E-state index in [0.29, 0.717) is 0 Å². The van der Waals surface area contributed by atoms with E-state index in [2.05, 4.69) is 249 Å². The summed E-state index contributed by atoms with van der Waals surface area (Å²) in [5, 5.41) is 7.76. The van der Waals surface area contributed by atoms with Crippen molar-refractivity contribution < 1.29 is 0 Å². The lowest BCUT2D eigenvalue weighted by atomic mass is 9.81. The van der Waals surface area contributed by atoms with E-state index in [9.17, 15) is 0 Å². The summed E-state index contributed by atoms with van der Waals surface area (Å²) in [5.41, 5.74) is 16.3. The van der Waals surface area contributed by atoms with E-state index in [0.717, 1.165) is 0 Å². The average molecular weight is 887 g/mol. The van der Waals surface area contributed by atoms with Crippen molar-refractivity contribution in [3.05, 3.63) is 265 Å². The van der Waals surface area contributed by atoms with Gasteiger partial charge in [0.25, 0.3) is 0 Å². The van der Waals surface area contributed by atoms with Crippen molar-refractivity contribution in [3.8, 4) is 55.6 Å². The van der Waals surface area contributed by atoms with Crippen molar-refractivity contribution in [1.29, 1.82) is 0 Å². The number of hydrogen-bond donors (Lipinski definition) is 0. The molecule has 67 heavy (non-hydrogen) atoms. The Morgan fingerprint density at radius 3 is 1.46 bits per heavy atom. The zero-order valence-electron chi connectivity index (χ0n) is 36.6. The van der Waals surface area contributed by atoms with Gasteiger partial charge in [0.05, 0.1) is 0 Å². The van der Waals surface area contributed by atoms with E-state index < -0.39 is 0 Å². The topological polar surface area (TPSA) is 0 Å². The molecule has 0 saturated carbocycles. The Kier molecular flexibility index (Phi) is 9.74. The highest BCUT2D eigenvalue weighted by molar-refractivity contribution is 7.26. The van der Waals surface area contributed by atoms with Gasteiger partial charge in [0, 0.05) is 46.3 Å². The minimum Gasteiger partial charge on any atom is -0.135 e. The lowest BCUT2D eigenvalue weighted by molar-refractivity contribution is 1.01. The monoisotopic (exact) mass is 886 g/mol. The molecule has 1 atom stereocenters. The van der Waals surface area contributed by atoms with Crippen LogP contribution in [0.4, 0.5) is 0 Å². The van der Waals surface area contributed by atoms with Crippen molar-refractivity contribution in [2.45, 2.75) is 5.92 Å². The van der Waals surface area contributed by atoms with Gasteiger partial charge in [-0.1, -0.05) is 231 Å². The number of fused-ring (bicyclic) bond motifs is 7. The average Bonchev–Trinajstić information content (AvgIpc) is 3.98. The third-order valence-corrected chi connectivity index (χ3v) is 16.1. The van der Waals surface area contributed by atoms with E-state index in [1.807, 2.05) is 22.7 Å². The van der Waals surface area contributed by atoms with E-state index >= 15 is 0 Å². The van der Waals surface area contributed by atoms with Crippen LogP contribution in [0.1, 0.15) is 22.6 Å². The fraction of sp³-hybridized carbons (Fsp3) is 0.0154. The van der Waals surface area contributed by atoms with Crippen LogP contribution in [0.5, 0.6) is 0 Å². The smallest absolute Gasteiger partial charge is 0.0436 e. The highest BCUT2D eigenvalue weighted by Crippen LogP contribution is 2.50. The zero-order chi connectivity index (χ0) is 44.3. The SMILES string of the molecule is c1ccc(-c2ccc3c(c2)sc2c(C(c4ccc(-c5ccc6cccc(-c7ccccc7)c6c5)cc4)c4ccc(-c5ccccc5)c5sc6cc(-c7ccccc7)ccc6c45)cccc23)cc1. The second-order valence-corrected chi connectivity index (χ2v) is 19.6. The normalized spacial score (nSPS) is 12.1. The highest BCUT2D eigenvalue weighted by Gasteiger charge is 2.26. The van der Waals surface area contributed by atoms with E-state index in [1.165, 1.54) is 123 Å². The number of benzene rings is 11. The molecule has 2 heteroatoms. The molecule has 13 aromatic rings. The van der Waals surface area contributed by atoms with Crippen LogP contribution in [0.3, 0.4) is 0 Å². The Balaban J connectivity index is 1.03. The van der Waals surface area contributed by atoms with Gasteiger partial charge in [0.1, 0.15) is 0 Å². The maximum absolute atomic E-state index is 2.44. The maximum atomic E-state index is 2.44. The molecule has 0 nitrogen and oxygen atoms in total. The van der Waals surface area contributed by atoms with Gasteiger partial charge in [-0.25, -0.2) is 0 Å². The predicted octanol–water partition coefficient (Wildman–Crippen LogP) is 19.1. The summed E-state index contributed by atoms with van der Waals surface area (Å²) in [4.78, 5) is 0. The summed E-state index contributed by atoms with van der Waals surface area (Å²) in [6, 6.07) is 92.2. The van der Waals surface area contributed by atoms with Crippen LogP contribution in [0.2, 0.25) is 0 Å². The molecule has 2 aromatic heterocycles. The van der Waals surface area contributed by atoms with Gasteiger partial charge in [-0.2, -0.15) is 0 Å². The molecule has 0 aliphatic heterocycles. The van der Waals surface area contributed by atoms with Gasteiger partial charge in [0.2, 0.25) is 0 Å². The van der Waals surface area contributed by atoms with Gasteiger partial charge in [-0.3, -0.25) is 0 Å². The van der Waals surface area contributed by atoms with Crippen LogP contribution >= 0.6 is 22.7 Å². The predicted molar refractivity (Wildman–Crippen MR) is 291 cm³/mol. The van der Waals surface area contributed by atoms with Gasteiger partial charge in [0.15, 0.2) is 0 Å². The molecule has 1 unspecified atom stereocenters. The van der Waals surface area contributed by atoms with Crippen molar-refractivity contribution in [2.24, 2.45) is 0 Å². The Morgan fingerprint density at radius 2 is 0.791 bits per heavy atom. The third kappa shape index (κ3) is 6.96. The van der Waals surface area contributed by atoms with Crippen LogP contribution in [0.25, 0.3) is 107 Å². The van der Waals surface area contributed by atoms with E-state index in [4.69, 9.17) is 0 Å². The molecular weight excluding hydrogens is 845 g/mol. The standard InChI is InChI=1S/C65H42S2/c1-5-15-42(16-6-1)50-33-35-54-55-25-14-26-58(64(55)66-60(54)40-50)62(48-30-27-44(28-31-48)49-32-29-47-23-13-24-52(59(47)39-49)45-19-9-3-10-20-45)57-38-37-53(46-21-11-4-12-22-46)65-63(57)56-36-34-51(41-61(56)67-65)43-17-7-2-8-18-43/h1-41,62H. The Morgan fingerprint density at radius 1 is 0.269 bits per heavy atom. The summed E-state index contributed by atoms with van der Waals surface area (Å²) in [6.45, 7) is 0. The molecule has 2 heterocycles. The first kappa shape index (κ1) is 39.5. The second kappa shape index (κ2) is 16.5. The summed E-state index contributed by atoms with van der Waals surface area (Å²) >= 11 is 3.85. The minimum atomic E-state index is -0.0420. The Labute approximate surface area is 398 Å². The summed E-state index contributed by atoms with van der Waals surface area (Å²) < 4.78 is 5.27. The van der Waals surface area contributed by atoms with Crippen LogP contribution in [0.15, 0.2) is 249 Å². The van der Waals surface area contributed by atoms with Crippen molar-refractivity contribution in [3.63, 3.8) is 0 Å². The first-order valence-electron chi connectivity index (χ1n) is 23.0. The molecule has 0 aliphatic carbocycles. The molecule has 0 bridgehead atoms. The van der Waals surface area contributed by atoms with Crippen LogP contribution in [0, 0.1) is 0 Å². The molecule has 0 N–H and O–H groups in total. The van der Waals surface area contributed by atoms with Crippen LogP contribution in [-0.2, 0) is 0 Å². The van der Waals surface area contributed by atoms with E-state index in [1.54, 1.807) is 0 Å². The quantitative estimate of drug-likeness (QED) is 0.133. The largest absolute Gasteiger partial charge is 0.135 e. The van der Waals surface area contributed by atoms with Gasteiger partial charge in [-0.05, 0) is 101 Å². The van der Waals surface area contributed by atoms with Crippen molar-refractivity contribution in [2.75, 3.05) is 0 Å². The lowest BCUT2D eigenvalue weighted by Gasteiger charge is -2.22. The number of hydrogen-bond acceptors (Lipinski definition) is 2. The zero-order valence-corrected chi connectivity index (χ0v) is 38.2. The van der Waals surface area contributed by atoms with Gasteiger partial charge >= 0.3 is 0 Å². The molecule has 0 spiro atoms. The molecule has 0 saturated heterocycles. The summed E-state index contributed by atoms with van der Waals surface area (Å²) in [7, 11) is 0. The van der Waals surface area contributed by atoms with Crippen molar-refractivity contribution in [1.82, 2.24) is 0 Å². The first-order chi connectivity index (χ1) is 33.2. The Bertz CT molecular complexity index is 3940. The van der Waals surface area contributed by atoms with Crippen LogP contribution < -0.4 is 0 Å². The fourth-order valence-electron chi connectivity index (χ4n) is 10.4. The molecule has 314 valence electrons. The third-order valence-electron chi connectivity index (χ3n) is 13.6. The molecule has 0 aliphatic rings. The number of thiophene rings is 2. The second-order valence-electron chi connectivity index (χ2n) is 17.5. The molecule has 0 fully saturated rings. The molecule has 0 amide bonds. The van der Waals surface area contributed by atoms with E-state index in [-0.39, 0.29) is 5.92 Å². The minimum absolute atomic E-state index is 0.0420. The van der Waals surface area contributed by atoms with Gasteiger partial charge < -0.3 is 0 Å². The Hall–Kier alpha value is -7.88. The first-order valence-corrected chi connectivity index (χ1v) is 24.6. The fourth-order valence-corrected chi connectivity index (χ4v) is 13.0. The lowest BCUT2D eigenvalue weighted by Crippen LogP contribution is -2.05. The van der Waals surface area contributed by atoms with Crippen LogP contribution in [-0.4, -0.2) is 0 Å². The molecular formula is C65H42S2. The van der Waals surface area contributed by atoms with Crippen molar-refractivity contribution >= 4 is 73.8 Å². The summed E-state index contributed by atoms with van der Waals surface area (Å²) in [5.74, 6) is -0.0420. The maximum Gasteiger partial charge on any atom is 0.0436 e. The molecule has 0 radical (unpaired) electrons. The molecule has 13 rings (SSSR count). The molecule has 11 aromatic carbocycles. The van der Waals surface area contributed by atoms with Gasteiger partial charge in [-0.15, -0.1) is 22.7 Å². The highest BCUT2D eigenvalue weighted by atomic mass is 32.1.